The zero-order valence-electron chi connectivity index (χ0n) is 13.0. The molecule has 23 heavy (non-hydrogen) atoms. The minimum atomic E-state index is -1.82. The van der Waals surface area contributed by atoms with Crippen LogP contribution in [0, 0.1) is 0 Å². The predicted octanol–water partition coefficient (Wildman–Crippen LogP) is 1.48. The van der Waals surface area contributed by atoms with Gasteiger partial charge in [0.15, 0.2) is 0 Å². The summed E-state index contributed by atoms with van der Waals surface area (Å²) in [6.45, 7) is 1.75. The van der Waals surface area contributed by atoms with Crippen LogP contribution in [-0.4, -0.2) is 33.8 Å². The van der Waals surface area contributed by atoms with Gasteiger partial charge in [-0.05, 0) is 29.8 Å². The van der Waals surface area contributed by atoms with Crippen molar-refractivity contribution in [2.24, 2.45) is 7.05 Å². The lowest BCUT2D eigenvalue weighted by Crippen LogP contribution is -2.14. The minimum Gasteiger partial charge on any atom is -0.497 e. The quantitative estimate of drug-likeness (QED) is 0.722. The smallest absolute Gasteiger partial charge is 0.414 e. The van der Waals surface area contributed by atoms with E-state index >= 15 is 0 Å². The highest BCUT2D eigenvalue weighted by Gasteiger charge is 2.04. The second-order valence-electron chi connectivity index (χ2n) is 4.67. The number of hydrogen-bond donors (Lipinski definition) is 3. The normalized spacial score (nSPS) is 9.65. The Labute approximate surface area is 134 Å². The summed E-state index contributed by atoms with van der Waals surface area (Å²) in [7, 11) is 3.74. The largest absolute Gasteiger partial charge is 0.497 e. The number of aliphatic carboxylic acids is 2. The number of methoxy groups -OCH3 is 1. The molecule has 0 fully saturated rings. The Morgan fingerprint density at radius 2 is 1.70 bits per heavy atom. The Bertz CT molecular complexity index is 622. The molecule has 0 aliphatic rings. The van der Waals surface area contributed by atoms with Gasteiger partial charge in [0.25, 0.3) is 0 Å². The molecule has 0 spiro atoms. The van der Waals surface area contributed by atoms with Gasteiger partial charge in [-0.2, -0.15) is 0 Å². The molecule has 3 N–H and O–H groups in total. The first-order chi connectivity index (χ1) is 10.9. The van der Waals surface area contributed by atoms with Crippen molar-refractivity contribution in [3.8, 4) is 5.75 Å². The Balaban J connectivity index is 0.000000379. The molecule has 1 aromatic carbocycles. The number of rotatable bonds is 5. The van der Waals surface area contributed by atoms with Crippen LogP contribution in [0.1, 0.15) is 11.3 Å². The molecule has 0 radical (unpaired) electrons. The third-order valence-electron chi connectivity index (χ3n) is 3.03. The fourth-order valence-corrected chi connectivity index (χ4v) is 1.76. The zero-order chi connectivity index (χ0) is 17.2. The van der Waals surface area contributed by atoms with Gasteiger partial charge in [0.2, 0.25) is 0 Å². The third kappa shape index (κ3) is 6.66. The lowest BCUT2D eigenvalue weighted by molar-refractivity contribution is -0.159. The lowest BCUT2D eigenvalue weighted by Gasteiger charge is -2.07. The molecular weight excluding hydrogens is 300 g/mol. The van der Waals surface area contributed by atoms with E-state index in [1.807, 2.05) is 12.1 Å². The molecule has 124 valence electrons. The highest BCUT2D eigenvalue weighted by molar-refractivity contribution is 6.27. The molecule has 0 amide bonds. The van der Waals surface area contributed by atoms with Gasteiger partial charge in [0.1, 0.15) is 5.75 Å². The van der Waals surface area contributed by atoms with Gasteiger partial charge >= 0.3 is 11.9 Å². The van der Waals surface area contributed by atoms with Crippen molar-refractivity contribution in [2.45, 2.75) is 13.1 Å². The van der Waals surface area contributed by atoms with Crippen LogP contribution in [0.3, 0.4) is 0 Å². The summed E-state index contributed by atoms with van der Waals surface area (Å²) in [5.41, 5.74) is 2.55. The number of benzene rings is 1. The van der Waals surface area contributed by atoms with Gasteiger partial charge in [-0.25, -0.2) is 9.59 Å². The standard InChI is InChI=1S/C14H18N2O.C2H2O4/c1-16-9-3-4-13(16)11-15-10-12-5-7-14(17-2)8-6-12;3-1(4)2(5)6/h3-9,15H,10-11H2,1-2H3;(H,3,4)(H,5,6). The van der Waals surface area contributed by atoms with E-state index in [1.165, 1.54) is 11.3 Å². The average molecular weight is 320 g/mol. The minimum absolute atomic E-state index is 0.870. The molecule has 7 nitrogen and oxygen atoms in total. The van der Waals surface area contributed by atoms with Crippen LogP contribution < -0.4 is 10.1 Å². The predicted molar refractivity (Wildman–Crippen MR) is 84.2 cm³/mol. The fourth-order valence-electron chi connectivity index (χ4n) is 1.76. The number of aromatic nitrogens is 1. The Hall–Kier alpha value is -2.80. The zero-order valence-corrected chi connectivity index (χ0v) is 13.0. The summed E-state index contributed by atoms with van der Waals surface area (Å²) in [6, 6.07) is 12.3. The van der Waals surface area contributed by atoms with Crippen molar-refractivity contribution in [1.29, 1.82) is 0 Å². The van der Waals surface area contributed by atoms with E-state index in [9.17, 15) is 0 Å². The molecule has 0 saturated carbocycles. The second-order valence-corrected chi connectivity index (χ2v) is 4.67. The van der Waals surface area contributed by atoms with E-state index in [-0.39, 0.29) is 0 Å². The Kier molecular flexibility index (Phi) is 7.35. The summed E-state index contributed by atoms with van der Waals surface area (Å²) < 4.78 is 7.25. The first kappa shape index (κ1) is 18.2. The van der Waals surface area contributed by atoms with Crippen molar-refractivity contribution in [3.05, 3.63) is 53.9 Å². The summed E-state index contributed by atoms with van der Waals surface area (Å²) in [5.74, 6) is -2.75. The van der Waals surface area contributed by atoms with Gasteiger partial charge in [-0.3, -0.25) is 0 Å². The van der Waals surface area contributed by atoms with Crippen molar-refractivity contribution >= 4 is 11.9 Å². The maximum absolute atomic E-state index is 9.10. The van der Waals surface area contributed by atoms with Gasteiger partial charge in [-0.15, -0.1) is 0 Å². The van der Waals surface area contributed by atoms with Crippen LogP contribution >= 0.6 is 0 Å². The first-order valence-corrected chi connectivity index (χ1v) is 6.84. The number of ether oxygens (including phenoxy) is 1. The maximum atomic E-state index is 9.10. The summed E-state index contributed by atoms with van der Waals surface area (Å²) in [4.78, 5) is 18.2. The van der Waals surface area contributed by atoms with E-state index in [0.717, 1.165) is 18.8 Å². The van der Waals surface area contributed by atoms with E-state index in [0.29, 0.717) is 0 Å². The van der Waals surface area contributed by atoms with Crippen molar-refractivity contribution in [1.82, 2.24) is 9.88 Å². The molecule has 1 heterocycles. The van der Waals surface area contributed by atoms with Crippen molar-refractivity contribution in [3.63, 3.8) is 0 Å². The molecule has 0 aliphatic heterocycles. The maximum Gasteiger partial charge on any atom is 0.414 e. The third-order valence-corrected chi connectivity index (χ3v) is 3.03. The van der Waals surface area contributed by atoms with E-state index < -0.39 is 11.9 Å². The number of carboxylic acid groups (broad SMARTS) is 2. The number of carbonyl (C=O) groups is 2. The van der Waals surface area contributed by atoms with E-state index in [4.69, 9.17) is 24.5 Å². The lowest BCUT2D eigenvalue weighted by atomic mass is 10.2. The molecule has 0 saturated heterocycles. The number of aryl methyl sites for hydroxylation is 1. The molecule has 2 rings (SSSR count). The Morgan fingerprint density at radius 3 is 2.13 bits per heavy atom. The summed E-state index contributed by atoms with van der Waals surface area (Å²) in [5, 5.41) is 18.2. The summed E-state index contributed by atoms with van der Waals surface area (Å²) >= 11 is 0. The molecule has 2 aromatic rings. The van der Waals surface area contributed by atoms with Crippen LogP contribution in [0.4, 0.5) is 0 Å². The number of nitrogens with zero attached hydrogens (tertiary/aromatic N) is 1. The molecular formula is C16H20N2O5. The number of hydrogen-bond acceptors (Lipinski definition) is 4. The highest BCUT2D eigenvalue weighted by Crippen LogP contribution is 2.11. The van der Waals surface area contributed by atoms with Crippen LogP contribution in [0.2, 0.25) is 0 Å². The van der Waals surface area contributed by atoms with Crippen molar-refractivity contribution in [2.75, 3.05) is 7.11 Å². The molecule has 7 heteroatoms. The molecule has 0 bridgehead atoms. The van der Waals surface area contributed by atoms with Crippen LogP contribution in [0.25, 0.3) is 0 Å². The second kappa shape index (κ2) is 9.26. The van der Waals surface area contributed by atoms with Crippen LogP contribution in [0.15, 0.2) is 42.6 Å². The SMILES string of the molecule is COc1ccc(CNCc2cccn2C)cc1.O=C(O)C(=O)O. The number of nitrogens with one attached hydrogen (secondary N) is 1. The van der Waals surface area contributed by atoms with Gasteiger partial charge < -0.3 is 24.8 Å². The Morgan fingerprint density at radius 1 is 1.09 bits per heavy atom. The van der Waals surface area contributed by atoms with E-state index in [2.05, 4.69) is 47.4 Å². The average Bonchev–Trinajstić information content (AvgIpc) is 2.94. The molecule has 0 atom stereocenters. The van der Waals surface area contributed by atoms with Gasteiger partial charge in [0.05, 0.1) is 7.11 Å². The van der Waals surface area contributed by atoms with Crippen LogP contribution in [-0.2, 0) is 29.7 Å². The monoisotopic (exact) mass is 320 g/mol. The van der Waals surface area contributed by atoms with Crippen LogP contribution in [0.5, 0.6) is 5.75 Å². The molecule has 1 aromatic heterocycles. The molecule has 0 unspecified atom stereocenters. The topological polar surface area (TPSA) is 101 Å². The highest BCUT2D eigenvalue weighted by atomic mass is 16.5. The van der Waals surface area contributed by atoms with E-state index in [1.54, 1.807) is 7.11 Å². The van der Waals surface area contributed by atoms with Gasteiger partial charge in [0, 0.05) is 32.0 Å². The summed E-state index contributed by atoms with van der Waals surface area (Å²) in [6.07, 6.45) is 2.06. The first-order valence-electron chi connectivity index (χ1n) is 6.84. The van der Waals surface area contributed by atoms with Crippen molar-refractivity contribution < 1.29 is 24.5 Å². The van der Waals surface area contributed by atoms with Gasteiger partial charge in [-0.1, -0.05) is 12.1 Å². The molecule has 0 aliphatic carbocycles. The number of carboxylic acids is 2. The fraction of sp³-hybridized carbons (Fsp3) is 0.250.